The second-order valence-electron chi connectivity index (χ2n) is 8.04. The lowest BCUT2D eigenvalue weighted by molar-refractivity contribution is -0.164. The monoisotopic (exact) mass is 427 g/mol. The summed E-state index contributed by atoms with van der Waals surface area (Å²) in [7, 11) is 0. The molecule has 0 spiro atoms. The van der Waals surface area contributed by atoms with Gasteiger partial charge in [-0.15, -0.1) is 0 Å². The van der Waals surface area contributed by atoms with Crippen molar-refractivity contribution in [2.75, 3.05) is 0 Å². The highest BCUT2D eigenvalue weighted by atomic mass is 79.9. The van der Waals surface area contributed by atoms with Crippen LogP contribution in [0, 0.1) is 22.2 Å². The Labute approximate surface area is 167 Å². The summed E-state index contributed by atoms with van der Waals surface area (Å²) in [6, 6.07) is 10.9. The Morgan fingerprint density at radius 3 is 2.52 bits per heavy atom. The number of aromatic nitrogens is 1. The molecule has 1 aromatic carbocycles. The fourth-order valence-electron chi connectivity index (χ4n) is 4.31. The largest absolute Gasteiger partial charge is 0.489 e. The smallest absolute Gasteiger partial charge is 0.253 e. The standard InChI is InChI=1S/C21H22BrN3O2/c1-20(2)18(25-17(26)14-6-5-9-24-12-14)21(3,4)19(20)27-15-8-7-13(11-23)16(22)10-15/h5-10,12,18-19H,1-4H3,(H,25,26). The van der Waals surface area contributed by atoms with Crippen molar-refractivity contribution in [3.63, 3.8) is 0 Å². The number of halogens is 1. The lowest BCUT2D eigenvalue weighted by Gasteiger charge is -2.63. The number of benzene rings is 1. The molecule has 0 bridgehead atoms. The van der Waals surface area contributed by atoms with Crippen LogP contribution in [0.25, 0.3) is 0 Å². The number of nitrogens with one attached hydrogen (secondary N) is 1. The van der Waals surface area contributed by atoms with Gasteiger partial charge in [0.05, 0.1) is 11.1 Å². The molecule has 0 unspecified atom stereocenters. The zero-order valence-electron chi connectivity index (χ0n) is 15.8. The van der Waals surface area contributed by atoms with Crippen LogP contribution in [-0.4, -0.2) is 23.0 Å². The number of carbonyl (C=O) groups excluding carboxylic acids is 1. The summed E-state index contributed by atoms with van der Waals surface area (Å²) in [6.45, 7) is 8.37. The third-order valence-corrected chi connectivity index (χ3v) is 6.01. The molecule has 1 amide bonds. The average Bonchev–Trinajstić information content (AvgIpc) is 2.64. The van der Waals surface area contributed by atoms with Crippen LogP contribution < -0.4 is 10.1 Å². The summed E-state index contributed by atoms with van der Waals surface area (Å²) in [5.74, 6) is 0.567. The molecule has 1 aromatic heterocycles. The van der Waals surface area contributed by atoms with Gasteiger partial charge in [0.1, 0.15) is 17.9 Å². The number of carbonyl (C=O) groups is 1. The molecular formula is C21H22BrN3O2. The number of nitriles is 1. The molecule has 1 N–H and O–H groups in total. The molecule has 5 nitrogen and oxygen atoms in total. The topological polar surface area (TPSA) is 75.0 Å². The van der Waals surface area contributed by atoms with Crippen molar-refractivity contribution in [3.8, 4) is 11.8 Å². The quantitative estimate of drug-likeness (QED) is 0.787. The first-order valence-electron chi connectivity index (χ1n) is 8.75. The molecular weight excluding hydrogens is 406 g/mol. The van der Waals surface area contributed by atoms with Crippen LogP contribution in [0.3, 0.4) is 0 Å². The Morgan fingerprint density at radius 1 is 1.26 bits per heavy atom. The van der Waals surface area contributed by atoms with E-state index < -0.39 is 0 Å². The number of rotatable bonds is 4. The van der Waals surface area contributed by atoms with Crippen molar-refractivity contribution in [3.05, 3.63) is 58.3 Å². The first-order valence-corrected chi connectivity index (χ1v) is 9.54. The van der Waals surface area contributed by atoms with Crippen molar-refractivity contribution in [1.82, 2.24) is 10.3 Å². The molecule has 1 aliphatic carbocycles. The maximum atomic E-state index is 12.6. The molecule has 2 aromatic rings. The van der Waals surface area contributed by atoms with Gasteiger partial charge in [-0.05, 0) is 46.3 Å². The van der Waals surface area contributed by atoms with Crippen molar-refractivity contribution in [1.29, 1.82) is 5.26 Å². The second kappa shape index (κ2) is 6.97. The minimum absolute atomic E-state index is 0.0514. The van der Waals surface area contributed by atoms with Gasteiger partial charge in [-0.1, -0.05) is 27.7 Å². The molecule has 3 rings (SSSR count). The van der Waals surface area contributed by atoms with Gasteiger partial charge in [0.15, 0.2) is 0 Å². The van der Waals surface area contributed by atoms with E-state index in [9.17, 15) is 4.79 Å². The Kier molecular flexibility index (Phi) is 5.00. The summed E-state index contributed by atoms with van der Waals surface area (Å²) >= 11 is 3.40. The van der Waals surface area contributed by atoms with Gasteiger partial charge in [-0.2, -0.15) is 5.26 Å². The average molecular weight is 428 g/mol. The SMILES string of the molecule is CC1(C)C(NC(=O)c2cccnc2)C(C)(C)C1Oc1ccc(C#N)c(Br)c1. The first kappa shape index (κ1) is 19.4. The number of pyridine rings is 1. The summed E-state index contributed by atoms with van der Waals surface area (Å²) in [5, 5.41) is 12.2. The van der Waals surface area contributed by atoms with Gasteiger partial charge in [-0.25, -0.2) is 0 Å². The van der Waals surface area contributed by atoms with Gasteiger partial charge in [0.2, 0.25) is 0 Å². The third-order valence-electron chi connectivity index (χ3n) is 5.35. The minimum atomic E-state index is -0.262. The van der Waals surface area contributed by atoms with Crippen LogP contribution in [0.1, 0.15) is 43.6 Å². The van der Waals surface area contributed by atoms with E-state index in [4.69, 9.17) is 10.00 Å². The summed E-state index contributed by atoms with van der Waals surface area (Å²) < 4.78 is 6.98. The predicted molar refractivity (Wildman–Crippen MR) is 106 cm³/mol. The molecule has 0 saturated heterocycles. The Hall–Kier alpha value is -2.39. The normalized spacial score (nSPS) is 22.2. The first-order chi connectivity index (χ1) is 12.7. The molecule has 6 heteroatoms. The van der Waals surface area contributed by atoms with E-state index in [1.54, 1.807) is 36.7 Å². The number of nitrogens with zero attached hydrogens (tertiary/aromatic N) is 2. The van der Waals surface area contributed by atoms with Crippen LogP contribution in [0.5, 0.6) is 5.75 Å². The second-order valence-corrected chi connectivity index (χ2v) is 8.90. The zero-order valence-corrected chi connectivity index (χ0v) is 17.4. The lowest BCUT2D eigenvalue weighted by atomic mass is 9.49. The van der Waals surface area contributed by atoms with Crippen molar-refractivity contribution >= 4 is 21.8 Å². The van der Waals surface area contributed by atoms with E-state index in [-0.39, 0.29) is 28.9 Å². The van der Waals surface area contributed by atoms with E-state index in [0.29, 0.717) is 21.3 Å². The Morgan fingerprint density at radius 2 is 1.96 bits per heavy atom. The summed E-state index contributed by atoms with van der Waals surface area (Å²) in [6.07, 6.45) is 3.12. The Bertz CT molecular complexity index is 887. The van der Waals surface area contributed by atoms with E-state index >= 15 is 0 Å². The highest BCUT2D eigenvalue weighted by molar-refractivity contribution is 9.10. The van der Waals surface area contributed by atoms with Crippen molar-refractivity contribution in [2.45, 2.75) is 39.8 Å². The molecule has 0 atom stereocenters. The fraction of sp³-hybridized carbons (Fsp3) is 0.381. The molecule has 1 heterocycles. The summed E-state index contributed by atoms with van der Waals surface area (Å²) in [5.41, 5.74) is 0.587. The van der Waals surface area contributed by atoms with E-state index in [0.717, 1.165) is 0 Å². The Balaban J connectivity index is 1.77. The molecule has 0 aliphatic heterocycles. The third kappa shape index (κ3) is 3.44. The van der Waals surface area contributed by atoms with E-state index in [2.05, 4.69) is 60.0 Å². The van der Waals surface area contributed by atoms with Crippen LogP contribution in [-0.2, 0) is 0 Å². The fourth-order valence-corrected chi connectivity index (χ4v) is 4.75. The van der Waals surface area contributed by atoms with Crippen molar-refractivity contribution < 1.29 is 9.53 Å². The van der Waals surface area contributed by atoms with Crippen LogP contribution in [0.2, 0.25) is 0 Å². The molecule has 140 valence electrons. The molecule has 0 radical (unpaired) electrons. The van der Waals surface area contributed by atoms with E-state index in [1.807, 2.05) is 6.07 Å². The molecule has 1 saturated carbocycles. The maximum Gasteiger partial charge on any atom is 0.253 e. The minimum Gasteiger partial charge on any atom is -0.489 e. The summed E-state index contributed by atoms with van der Waals surface area (Å²) in [4.78, 5) is 16.6. The van der Waals surface area contributed by atoms with E-state index in [1.165, 1.54) is 0 Å². The number of amides is 1. The molecule has 1 aliphatic rings. The van der Waals surface area contributed by atoms with Gasteiger partial charge in [0.25, 0.3) is 5.91 Å². The van der Waals surface area contributed by atoms with Gasteiger partial charge >= 0.3 is 0 Å². The van der Waals surface area contributed by atoms with Gasteiger partial charge in [0, 0.05) is 33.7 Å². The van der Waals surface area contributed by atoms with Gasteiger partial charge in [-0.3, -0.25) is 9.78 Å². The number of hydrogen-bond donors (Lipinski definition) is 1. The highest BCUT2D eigenvalue weighted by Crippen LogP contribution is 2.55. The van der Waals surface area contributed by atoms with Gasteiger partial charge < -0.3 is 10.1 Å². The zero-order chi connectivity index (χ0) is 19.8. The highest BCUT2D eigenvalue weighted by Gasteiger charge is 2.64. The van der Waals surface area contributed by atoms with Crippen LogP contribution in [0.15, 0.2) is 47.2 Å². The lowest BCUT2D eigenvalue weighted by Crippen LogP contribution is -2.74. The molecule has 27 heavy (non-hydrogen) atoms. The predicted octanol–water partition coefficient (Wildman–Crippen LogP) is 4.33. The molecule has 1 fully saturated rings. The maximum absolute atomic E-state index is 12.6. The number of hydrogen-bond acceptors (Lipinski definition) is 4. The van der Waals surface area contributed by atoms with Crippen LogP contribution >= 0.6 is 15.9 Å². The number of ether oxygens (including phenoxy) is 1. The van der Waals surface area contributed by atoms with Crippen LogP contribution in [0.4, 0.5) is 0 Å². The van der Waals surface area contributed by atoms with Crippen molar-refractivity contribution in [2.24, 2.45) is 10.8 Å².